The van der Waals surface area contributed by atoms with Gasteiger partial charge in [0, 0.05) is 13.2 Å². The molecule has 0 spiro atoms. The van der Waals surface area contributed by atoms with Crippen molar-refractivity contribution < 1.29 is 9.13 Å². The Balaban J connectivity index is 1.57. The predicted molar refractivity (Wildman–Crippen MR) is 83.8 cm³/mol. The molecule has 0 aliphatic heterocycles. The van der Waals surface area contributed by atoms with Crippen LogP contribution in [-0.4, -0.2) is 13.2 Å². The van der Waals surface area contributed by atoms with Crippen molar-refractivity contribution in [1.82, 2.24) is 5.32 Å². The second-order valence-corrected chi connectivity index (χ2v) is 5.16. The number of ether oxygens (including phenoxy) is 1. The predicted octanol–water partition coefficient (Wildman–Crippen LogP) is 4.18. The molecule has 0 saturated heterocycles. The maximum atomic E-state index is 13.2. The normalized spacial score (nSPS) is 10.8. The highest BCUT2D eigenvalue weighted by atomic mass is 35.5. The van der Waals surface area contributed by atoms with E-state index in [0.29, 0.717) is 18.8 Å². The summed E-state index contributed by atoms with van der Waals surface area (Å²) in [5, 5.41) is 3.51. The number of rotatable bonds is 8. The molecule has 2 aromatic carbocycles. The lowest BCUT2D eigenvalue weighted by molar-refractivity contribution is 0.118. The van der Waals surface area contributed by atoms with E-state index in [1.54, 1.807) is 12.1 Å². The van der Waals surface area contributed by atoms with Crippen molar-refractivity contribution in [1.29, 1.82) is 0 Å². The monoisotopic (exact) mass is 307 g/mol. The van der Waals surface area contributed by atoms with Gasteiger partial charge in [-0.2, -0.15) is 0 Å². The molecule has 0 atom stereocenters. The van der Waals surface area contributed by atoms with Gasteiger partial charge in [-0.15, -0.1) is 0 Å². The van der Waals surface area contributed by atoms with Gasteiger partial charge in [0.05, 0.1) is 11.6 Å². The van der Waals surface area contributed by atoms with Crippen LogP contribution in [0.5, 0.6) is 0 Å². The highest BCUT2D eigenvalue weighted by Gasteiger charge is 2.05. The summed E-state index contributed by atoms with van der Waals surface area (Å²) in [5.74, 6) is -0.401. The molecule has 2 rings (SSSR count). The summed E-state index contributed by atoms with van der Waals surface area (Å²) in [7, 11) is 0. The first-order valence-corrected chi connectivity index (χ1v) is 7.40. The molecule has 0 aromatic heterocycles. The minimum atomic E-state index is -0.401. The van der Waals surface area contributed by atoms with Crippen LogP contribution in [0, 0.1) is 5.82 Å². The van der Waals surface area contributed by atoms with Crippen molar-refractivity contribution in [2.75, 3.05) is 13.2 Å². The Morgan fingerprint density at radius 1 is 1.05 bits per heavy atom. The van der Waals surface area contributed by atoms with Crippen LogP contribution in [0.15, 0.2) is 48.5 Å². The van der Waals surface area contributed by atoms with E-state index in [1.165, 1.54) is 11.6 Å². The molecule has 0 aliphatic carbocycles. The standard InChI is InChI=1S/C17H19ClFNO/c18-17-15(8-4-9-16(17)19)13-21-11-5-10-20-12-14-6-2-1-3-7-14/h1-4,6-9,20H,5,10-13H2. The Kier molecular flexibility index (Phi) is 6.67. The van der Waals surface area contributed by atoms with Gasteiger partial charge in [-0.1, -0.05) is 54.1 Å². The summed E-state index contributed by atoms with van der Waals surface area (Å²) < 4.78 is 18.7. The first-order valence-electron chi connectivity index (χ1n) is 7.02. The molecular formula is C17H19ClFNO. The summed E-state index contributed by atoms with van der Waals surface area (Å²) in [6, 6.07) is 15.0. The number of hydrogen-bond acceptors (Lipinski definition) is 2. The minimum Gasteiger partial charge on any atom is -0.377 e. The van der Waals surface area contributed by atoms with Crippen molar-refractivity contribution >= 4 is 11.6 Å². The van der Waals surface area contributed by atoms with Crippen molar-refractivity contribution in [3.05, 3.63) is 70.5 Å². The molecule has 21 heavy (non-hydrogen) atoms. The SMILES string of the molecule is Fc1cccc(COCCCNCc2ccccc2)c1Cl. The number of halogens is 2. The third-order valence-electron chi connectivity index (χ3n) is 3.10. The maximum Gasteiger partial charge on any atom is 0.142 e. The Labute approximate surface area is 129 Å². The fourth-order valence-corrected chi connectivity index (χ4v) is 2.15. The van der Waals surface area contributed by atoms with Gasteiger partial charge in [-0.25, -0.2) is 4.39 Å². The van der Waals surface area contributed by atoms with Gasteiger partial charge >= 0.3 is 0 Å². The van der Waals surface area contributed by atoms with Gasteiger partial charge in [-0.3, -0.25) is 0 Å². The molecule has 0 saturated carbocycles. The summed E-state index contributed by atoms with van der Waals surface area (Å²) in [6.45, 7) is 2.70. The minimum absolute atomic E-state index is 0.153. The molecule has 1 N–H and O–H groups in total. The van der Waals surface area contributed by atoms with Gasteiger partial charge in [0.2, 0.25) is 0 Å². The van der Waals surface area contributed by atoms with E-state index < -0.39 is 5.82 Å². The van der Waals surface area contributed by atoms with E-state index in [-0.39, 0.29) is 5.02 Å². The number of nitrogens with one attached hydrogen (secondary N) is 1. The Morgan fingerprint density at radius 3 is 2.67 bits per heavy atom. The van der Waals surface area contributed by atoms with Crippen molar-refractivity contribution in [3.8, 4) is 0 Å². The zero-order valence-electron chi connectivity index (χ0n) is 11.8. The summed E-state index contributed by atoms with van der Waals surface area (Å²) in [6.07, 6.45) is 0.903. The largest absolute Gasteiger partial charge is 0.377 e. The number of benzene rings is 2. The fraction of sp³-hybridized carbons (Fsp3) is 0.294. The lowest BCUT2D eigenvalue weighted by Gasteiger charge is -2.08. The molecule has 0 unspecified atom stereocenters. The van der Waals surface area contributed by atoms with Crippen molar-refractivity contribution in [3.63, 3.8) is 0 Å². The van der Waals surface area contributed by atoms with Crippen LogP contribution in [-0.2, 0) is 17.9 Å². The second kappa shape index (κ2) is 8.78. The third-order valence-corrected chi connectivity index (χ3v) is 3.53. The highest BCUT2D eigenvalue weighted by Crippen LogP contribution is 2.20. The topological polar surface area (TPSA) is 21.3 Å². The quantitative estimate of drug-likeness (QED) is 0.739. The average Bonchev–Trinajstić information content (AvgIpc) is 2.51. The van der Waals surface area contributed by atoms with Crippen LogP contribution >= 0.6 is 11.6 Å². The number of hydrogen-bond donors (Lipinski definition) is 1. The molecule has 0 fully saturated rings. The van der Waals surface area contributed by atoms with E-state index in [0.717, 1.165) is 19.5 Å². The van der Waals surface area contributed by atoms with Crippen LogP contribution in [0.4, 0.5) is 4.39 Å². The summed E-state index contributed by atoms with van der Waals surface area (Å²) in [5.41, 5.74) is 1.96. The summed E-state index contributed by atoms with van der Waals surface area (Å²) in [4.78, 5) is 0. The molecule has 0 radical (unpaired) electrons. The van der Waals surface area contributed by atoms with Gasteiger partial charge in [0.15, 0.2) is 0 Å². The zero-order valence-corrected chi connectivity index (χ0v) is 12.6. The Hall–Kier alpha value is -1.42. The van der Waals surface area contributed by atoms with E-state index in [2.05, 4.69) is 17.4 Å². The molecule has 4 heteroatoms. The fourth-order valence-electron chi connectivity index (χ4n) is 1.97. The first-order chi connectivity index (χ1) is 10.3. The maximum absolute atomic E-state index is 13.2. The average molecular weight is 308 g/mol. The molecule has 0 heterocycles. The van der Waals surface area contributed by atoms with Crippen LogP contribution in [0.3, 0.4) is 0 Å². The molecule has 2 nitrogen and oxygen atoms in total. The van der Waals surface area contributed by atoms with Gasteiger partial charge in [-0.05, 0) is 30.2 Å². The van der Waals surface area contributed by atoms with Gasteiger partial charge in [0.1, 0.15) is 5.82 Å². The van der Waals surface area contributed by atoms with Crippen LogP contribution < -0.4 is 5.32 Å². The lowest BCUT2D eigenvalue weighted by atomic mass is 10.2. The van der Waals surface area contributed by atoms with E-state index >= 15 is 0 Å². The smallest absolute Gasteiger partial charge is 0.142 e. The van der Waals surface area contributed by atoms with Crippen molar-refractivity contribution in [2.45, 2.75) is 19.6 Å². The highest BCUT2D eigenvalue weighted by molar-refractivity contribution is 6.31. The van der Waals surface area contributed by atoms with Crippen LogP contribution in [0.25, 0.3) is 0 Å². The first kappa shape index (κ1) is 16.0. The second-order valence-electron chi connectivity index (χ2n) is 4.78. The van der Waals surface area contributed by atoms with Crippen molar-refractivity contribution in [2.24, 2.45) is 0 Å². The zero-order chi connectivity index (χ0) is 14.9. The van der Waals surface area contributed by atoms with Crippen LogP contribution in [0.1, 0.15) is 17.5 Å². The van der Waals surface area contributed by atoms with Gasteiger partial charge < -0.3 is 10.1 Å². The van der Waals surface area contributed by atoms with Crippen LogP contribution in [0.2, 0.25) is 5.02 Å². The molecule has 112 valence electrons. The van der Waals surface area contributed by atoms with E-state index in [4.69, 9.17) is 16.3 Å². The summed E-state index contributed by atoms with van der Waals surface area (Å²) >= 11 is 5.86. The van der Waals surface area contributed by atoms with Gasteiger partial charge in [0.25, 0.3) is 0 Å². The Morgan fingerprint density at radius 2 is 1.86 bits per heavy atom. The molecular weight excluding hydrogens is 289 g/mol. The lowest BCUT2D eigenvalue weighted by Crippen LogP contribution is -2.16. The van der Waals surface area contributed by atoms with E-state index in [9.17, 15) is 4.39 Å². The molecule has 0 aliphatic rings. The molecule has 2 aromatic rings. The molecule has 0 bridgehead atoms. The third kappa shape index (κ3) is 5.46. The molecule has 0 amide bonds. The Bertz CT molecular complexity index is 548. The van der Waals surface area contributed by atoms with E-state index in [1.807, 2.05) is 18.2 Å².